The molecule has 7 heteroatoms. The monoisotopic (exact) mass is 471 g/mol. The molecule has 2 heterocycles. The van der Waals surface area contributed by atoms with E-state index in [9.17, 15) is 9.90 Å². The van der Waals surface area contributed by atoms with Gasteiger partial charge >= 0.3 is 5.97 Å². The molecule has 0 spiro atoms. The minimum absolute atomic E-state index is 0. The molecule has 2 bridgehead atoms. The lowest BCUT2D eigenvalue weighted by Crippen LogP contribution is -3.00. The summed E-state index contributed by atoms with van der Waals surface area (Å²) < 4.78 is 6.90. The van der Waals surface area contributed by atoms with E-state index >= 15 is 0 Å². The Labute approximate surface area is 179 Å². The first-order chi connectivity index (χ1) is 12.3. The Hall–Kier alpha value is -0.730. The zero-order valence-electron chi connectivity index (χ0n) is 15.8. The quantitative estimate of drug-likeness (QED) is 0.509. The summed E-state index contributed by atoms with van der Waals surface area (Å²) in [5, 5.41) is 15.2. The van der Waals surface area contributed by atoms with E-state index in [4.69, 9.17) is 4.74 Å². The van der Waals surface area contributed by atoms with Crippen LogP contribution in [0.3, 0.4) is 0 Å². The van der Waals surface area contributed by atoms with Crippen LogP contribution in [-0.2, 0) is 15.1 Å². The molecule has 0 aliphatic heterocycles. The third kappa shape index (κ3) is 3.53. The highest BCUT2D eigenvalue weighted by Crippen LogP contribution is 2.50. The van der Waals surface area contributed by atoms with Gasteiger partial charge in [0.1, 0.15) is 6.10 Å². The average molecular weight is 472 g/mol. The van der Waals surface area contributed by atoms with E-state index in [2.05, 4.69) is 21.1 Å². The van der Waals surface area contributed by atoms with Gasteiger partial charge in [-0.25, -0.2) is 4.79 Å². The van der Waals surface area contributed by atoms with E-state index in [1.54, 1.807) is 12.1 Å². The molecule has 0 radical (unpaired) electrons. The fraction of sp³-hybridized carbons (Fsp3) is 0.550. The van der Waals surface area contributed by atoms with Crippen LogP contribution in [0.25, 0.3) is 0 Å². The predicted octanol–water partition coefficient (Wildman–Crippen LogP) is 0.466. The van der Waals surface area contributed by atoms with Gasteiger partial charge in [-0.15, -0.1) is 22.7 Å². The van der Waals surface area contributed by atoms with Gasteiger partial charge in [-0.05, 0) is 42.2 Å². The van der Waals surface area contributed by atoms with Crippen LogP contribution in [0.4, 0.5) is 0 Å². The van der Waals surface area contributed by atoms with E-state index < -0.39 is 11.6 Å². The molecule has 2 unspecified atom stereocenters. The lowest BCUT2D eigenvalue weighted by Gasteiger charge is -2.35. The minimum atomic E-state index is -1.70. The largest absolute Gasteiger partial charge is 1.00 e. The number of hydrogen-bond acceptors (Lipinski definition) is 5. The number of carbonyl (C=O) groups is 1. The van der Waals surface area contributed by atoms with Gasteiger partial charge in [0.25, 0.3) is 0 Å². The summed E-state index contributed by atoms with van der Waals surface area (Å²) in [6, 6.07) is 7.86. The molecule has 4 nitrogen and oxygen atoms in total. The van der Waals surface area contributed by atoms with E-state index in [-0.39, 0.29) is 23.1 Å². The topological polar surface area (TPSA) is 46.5 Å². The van der Waals surface area contributed by atoms with Crippen LogP contribution in [-0.4, -0.2) is 48.8 Å². The number of ether oxygens (including phenoxy) is 1. The maximum Gasteiger partial charge on any atom is 0.349 e. The molecule has 2 aliphatic carbocycles. The Balaban J connectivity index is 0.00000210. The molecule has 4 rings (SSSR count). The van der Waals surface area contributed by atoms with Crippen molar-refractivity contribution in [2.45, 2.75) is 37.0 Å². The maximum absolute atomic E-state index is 13.2. The number of nitrogens with zero attached hydrogens (tertiary/aromatic N) is 1. The van der Waals surface area contributed by atoms with Crippen molar-refractivity contribution in [3.63, 3.8) is 0 Å². The number of quaternary nitrogens is 1. The van der Waals surface area contributed by atoms with Crippen LogP contribution < -0.4 is 17.0 Å². The van der Waals surface area contributed by atoms with E-state index in [0.717, 1.165) is 17.3 Å². The molecular formula is C20H26BrNO3S2. The number of fused-ring (bicyclic) bond motifs is 2. The summed E-state index contributed by atoms with van der Waals surface area (Å²) in [6.07, 6.45) is 3.16. The van der Waals surface area contributed by atoms with Crippen molar-refractivity contribution in [3.05, 3.63) is 44.8 Å². The smallest absolute Gasteiger partial charge is 0.349 e. The zero-order chi connectivity index (χ0) is 18.5. The van der Waals surface area contributed by atoms with Crippen LogP contribution in [0.2, 0.25) is 0 Å². The molecule has 2 aliphatic rings. The molecule has 1 N–H and O–H groups in total. The number of halogens is 1. The summed E-state index contributed by atoms with van der Waals surface area (Å²) in [5.41, 5.74) is -1.70. The minimum Gasteiger partial charge on any atom is -1.00 e. The fourth-order valence-corrected chi connectivity index (χ4v) is 6.80. The molecule has 0 aromatic carbocycles. The van der Waals surface area contributed by atoms with E-state index in [0.29, 0.717) is 27.6 Å². The van der Waals surface area contributed by atoms with Crippen LogP contribution in [0.15, 0.2) is 35.0 Å². The van der Waals surface area contributed by atoms with Crippen molar-refractivity contribution in [3.8, 4) is 0 Å². The van der Waals surface area contributed by atoms with Gasteiger partial charge in [-0.2, -0.15) is 0 Å². The second-order valence-corrected chi connectivity index (χ2v) is 10.3. The molecular weight excluding hydrogens is 446 g/mol. The van der Waals surface area contributed by atoms with Gasteiger partial charge in [0.05, 0.1) is 36.9 Å². The number of thiophene rings is 2. The van der Waals surface area contributed by atoms with Crippen LogP contribution in [0.1, 0.15) is 29.0 Å². The summed E-state index contributed by atoms with van der Waals surface area (Å²) >= 11 is 2.77. The normalized spacial score (nSPS) is 27.4. The number of esters is 1. The Bertz CT molecular complexity index is 736. The standard InChI is InChI=1S/C20H26NO3S2.BrH/c1-21(2,3)18-13-8-9-14(18)15(12-13)24-19(22)20(23,16-6-4-10-25-16)17-7-5-11-26-17;/h4-7,10-11,13-15,18,23H,8-9,12H2,1-3H3;1H/q+1;/p-1/t13?,14-,15-,18?;/m1./s1. The molecule has 2 saturated carbocycles. The SMILES string of the molecule is C[N+](C)(C)C1C2CC[C@@H]1[C@H](OC(=O)C(O)(c1cccs1)c1cccs1)C2.[Br-]. The maximum atomic E-state index is 13.2. The second kappa shape index (κ2) is 7.59. The predicted molar refractivity (Wildman–Crippen MR) is 104 cm³/mol. The Morgan fingerprint density at radius 1 is 1.15 bits per heavy atom. The first-order valence-corrected chi connectivity index (χ1v) is 10.9. The fourth-order valence-electron chi connectivity index (χ4n) is 5.09. The third-order valence-corrected chi connectivity index (χ3v) is 7.97. The third-order valence-electron chi connectivity index (χ3n) is 6.01. The first kappa shape index (κ1) is 21.0. The molecule has 2 aromatic heterocycles. The van der Waals surface area contributed by atoms with Crippen LogP contribution >= 0.6 is 22.7 Å². The molecule has 2 fully saturated rings. The summed E-state index contributed by atoms with van der Waals surface area (Å²) in [5.74, 6) is 0.467. The van der Waals surface area contributed by atoms with Gasteiger partial charge in [0.2, 0.25) is 5.60 Å². The highest BCUT2D eigenvalue weighted by molar-refractivity contribution is 7.12. The zero-order valence-corrected chi connectivity index (χ0v) is 19.0. The van der Waals surface area contributed by atoms with Gasteiger partial charge in [0, 0.05) is 11.8 Å². The van der Waals surface area contributed by atoms with Gasteiger partial charge in [0.15, 0.2) is 0 Å². The average Bonchev–Trinajstić information content (AvgIpc) is 3.36. The van der Waals surface area contributed by atoms with Crippen molar-refractivity contribution < 1.29 is 36.1 Å². The Kier molecular flexibility index (Phi) is 5.90. The Morgan fingerprint density at radius 2 is 1.74 bits per heavy atom. The van der Waals surface area contributed by atoms with Gasteiger partial charge < -0.3 is 31.3 Å². The van der Waals surface area contributed by atoms with Crippen molar-refractivity contribution in [2.24, 2.45) is 11.8 Å². The second-order valence-electron chi connectivity index (χ2n) is 8.45. The van der Waals surface area contributed by atoms with Crippen molar-refractivity contribution >= 4 is 28.6 Å². The number of carbonyl (C=O) groups excluding carboxylic acids is 1. The lowest BCUT2D eigenvalue weighted by molar-refractivity contribution is -0.900. The van der Waals surface area contributed by atoms with Crippen LogP contribution in [0, 0.1) is 11.8 Å². The van der Waals surface area contributed by atoms with Crippen molar-refractivity contribution in [2.75, 3.05) is 21.1 Å². The lowest BCUT2D eigenvalue weighted by atomic mass is 9.96. The van der Waals surface area contributed by atoms with Gasteiger partial charge in [-0.3, -0.25) is 0 Å². The molecule has 0 amide bonds. The van der Waals surface area contributed by atoms with Crippen LogP contribution in [0.5, 0.6) is 0 Å². The molecule has 27 heavy (non-hydrogen) atoms. The molecule has 4 atom stereocenters. The van der Waals surface area contributed by atoms with Crippen molar-refractivity contribution in [1.82, 2.24) is 0 Å². The number of hydrogen-bond donors (Lipinski definition) is 1. The molecule has 0 saturated heterocycles. The number of rotatable bonds is 5. The van der Waals surface area contributed by atoms with E-state index in [1.165, 1.54) is 29.1 Å². The highest BCUT2D eigenvalue weighted by atomic mass is 79.9. The molecule has 148 valence electrons. The molecule has 2 aromatic rings. The Morgan fingerprint density at radius 3 is 2.19 bits per heavy atom. The highest BCUT2D eigenvalue weighted by Gasteiger charge is 2.57. The van der Waals surface area contributed by atoms with Gasteiger partial charge in [-0.1, -0.05) is 12.1 Å². The number of aliphatic hydroxyl groups is 1. The summed E-state index contributed by atoms with van der Waals surface area (Å²) in [4.78, 5) is 14.4. The first-order valence-electron chi connectivity index (χ1n) is 9.14. The summed E-state index contributed by atoms with van der Waals surface area (Å²) in [7, 11) is 6.69. The summed E-state index contributed by atoms with van der Waals surface area (Å²) in [6.45, 7) is 0. The van der Waals surface area contributed by atoms with Crippen molar-refractivity contribution in [1.29, 1.82) is 0 Å². The van der Waals surface area contributed by atoms with E-state index in [1.807, 2.05) is 22.9 Å².